The third-order valence-electron chi connectivity index (χ3n) is 7.48. The van der Waals surface area contributed by atoms with Gasteiger partial charge in [0, 0.05) is 39.3 Å². The lowest BCUT2D eigenvalue weighted by molar-refractivity contribution is -0.133. The highest BCUT2D eigenvalue weighted by Gasteiger charge is 2.33. The summed E-state index contributed by atoms with van der Waals surface area (Å²) in [6.45, 7) is 6.90. The van der Waals surface area contributed by atoms with Gasteiger partial charge < -0.3 is 19.9 Å². The van der Waals surface area contributed by atoms with Crippen LogP contribution in [0.25, 0.3) is 0 Å². The van der Waals surface area contributed by atoms with Crippen LogP contribution in [0.4, 0.5) is 0 Å². The Morgan fingerprint density at radius 1 is 1.08 bits per heavy atom. The third kappa shape index (κ3) is 6.56. The highest BCUT2D eigenvalue weighted by Crippen LogP contribution is 2.27. The van der Waals surface area contributed by atoms with E-state index in [1.165, 1.54) is 14.2 Å². The number of piperidine rings is 1. The van der Waals surface area contributed by atoms with Crippen LogP contribution in [0.1, 0.15) is 30.4 Å². The molecule has 3 rings (SSSR count). The summed E-state index contributed by atoms with van der Waals surface area (Å²) in [5.41, 5.74) is 1.09. The van der Waals surface area contributed by atoms with Crippen molar-refractivity contribution in [3.8, 4) is 5.75 Å². The molecule has 2 aliphatic heterocycles. The van der Waals surface area contributed by atoms with Gasteiger partial charge in [-0.25, -0.2) is 8.42 Å². The van der Waals surface area contributed by atoms with Crippen molar-refractivity contribution in [2.24, 2.45) is 0 Å². The van der Waals surface area contributed by atoms with Gasteiger partial charge in [0.05, 0.1) is 25.1 Å². The minimum absolute atomic E-state index is 0.123. The van der Waals surface area contributed by atoms with Crippen LogP contribution in [0.2, 0.25) is 0 Å². The lowest BCUT2D eigenvalue weighted by Crippen LogP contribution is -2.47. The molecule has 0 bridgehead atoms. The van der Waals surface area contributed by atoms with Crippen molar-refractivity contribution in [2.45, 2.75) is 50.1 Å². The van der Waals surface area contributed by atoms with Crippen LogP contribution >= 0.6 is 0 Å². The monoisotopic (exact) mass is 523 g/mol. The quantitative estimate of drug-likeness (QED) is 0.508. The topological polar surface area (TPSA) is 102 Å². The molecule has 202 valence electrons. The molecule has 0 saturated carbocycles. The molecule has 2 saturated heterocycles. The highest BCUT2D eigenvalue weighted by atomic mass is 32.2. The first kappa shape index (κ1) is 28.4. The van der Waals surface area contributed by atoms with Gasteiger partial charge in [-0.1, -0.05) is 0 Å². The van der Waals surface area contributed by atoms with Crippen molar-refractivity contribution in [3.05, 3.63) is 23.3 Å². The van der Waals surface area contributed by atoms with Gasteiger partial charge in [0.15, 0.2) is 0 Å². The van der Waals surface area contributed by atoms with E-state index in [9.17, 15) is 18.0 Å². The number of rotatable bonds is 9. The van der Waals surface area contributed by atoms with Crippen LogP contribution in [0.5, 0.6) is 5.75 Å². The molecular weight excluding hydrogens is 482 g/mol. The normalized spacial score (nSPS) is 20.0. The fraction of sp³-hybridized carbons (Fsp3) is 0.680. The summed E-state index contributed by atoms with van der Waals surface area (Å²) in [6.07, 6.45) is 3.23. The molecule has 1 aromatic rings. The van der Waals surface area contributed by atoms with E-state index in [4.69, 9.17) is 4.74 Å². The van der Waals surface area contributed by atoms with E-state index in [1.807, 2.05) is 0 Å². The van der Waals surface area contributed by atoms with Crippen LogP contribution in [-0.4, -0.2) is 119 Å². The zero-order chi connectivity index (χ0) is 26.6. The number of sulfonamides is 1. The molecule has 1 aromatic carbocycles. The molecule has 2 aliphatic rings. The molecule has 0 aromatic heterocycles. The third-order valence-corrected chi connectivity index (χ3v) is 9.59. The van der Waals surface area contributed by atoms with E-state index >= 15 is 0 Å². The Morgan fingerprint density at radius 3 is 2.28 bits per heavy atom. The fourth-order valence-electron chi connectivity index (χ4n) is 5.21. The van der Waals surface area contributed by atoms with Gasteiger partial charge >= 0.3 is 0 Å². The van der Waals surface area contributed by atoms with Gasteiger partial charge in [-0.3, -0.25) is 14.5 Å². The molecule has 0 aliphatic carbocycles. The van der Waals surface area contributed by atoms with E-state index < -0.39 is 15.9 Å². The van der Waals surface area contributed by atoms with Crippen LogP contribution < -0.4 is 10.1 Å². The van der Waals surface area contributed by atoms with Gasteiger partial charge in [-0.05, 0) is 76.5 Å². The first-order chi connectivity index (χ1) is 16.9. The number of aryl methyl sites for hydroxylation is 2. The Bertz CT molecular complexity index is 1030. The summed E-state index contributed by atoms with van der Waals surface area (Å²) in [7, 11) is 2.92. The minimum atomic E-state index is -3.90. The molecular formula is C25H41N5O5S. The summed E-state index contributed by atoms with van der Waals surface area (Å²) in [4.78, 5) is 32.0. The first-order valence-corrected chi connectivity index (χ1v) is 13.9. The second kappa shape index (κ2) is 11.9. The molecule has 2 amide bonds. The summed E-state index contributed by atoms with van der Waals surface area (Å²) in [5.74, 6) is -0.124. The van der Waals surface area contributed by atoms with Gasteiger partial charge in [-0.15, -0.1) is 0 Å². The Labute approximate surface area is 215 Å². The number of hydrogen-bond donors (Lipinski definition) is 1. The number of methoxy groups -OCH3 is 1. The summed E-state index contributed by atoms with van der Waals surface area (Å²) < 4.78 is 32.5. The Balaban J connectivity index is 1.50. The first-order valence-electron chi connectivity index (χ1n) is 12.5. The average Bonchev–Trinajstić information content (AvgIpc) is 3.32. The Hall–Kier alpha value is -2.21. The molecule has 36 heavy (non-hydrogen) atoms. The van der Waals surface area contributed by atoms with Crippen molar-refractivity contribution >= 4 is 21.8 Å². The number of ether oxygens (including phenoxy) is 1. The number of nitrogens with zero attached hydrogens (tertiary/aromatic N) is 4. The number of hydrogen-bond acceptors (Lipinski definition) is 7. The number of amides is 2. The Kier molecular flexibility index (Phi) is 9.37. The largest absolute Gasteiger partial charge is 0.497 e. The maximum atomic E-state index is 13.1. The summed E-state index contributed by atoms with van der Waals surface area (Å²) in [5, 5.41) is 2.59. The second-order valence-electron chi connectivity index (χ2n) is 10.1. The minimum Gasteiger partial charge on any atom is -0.497 e. The predicted molar refractivity (Wildman–Crippen MR) is 139 cm³/mol. The molecule has 1 N–H and O–H groups in total. The number of carbonyl (C=O) groups is 2. The number of carbonyl (C=O) groups excluding carboxylic acids is 2. The number of nitrogens with one attached hydrogen (secondary N) is 1. The van der Waals surface area contributed by atoms with Crippen LogP contribution in [0.3, 0.4) is 0 Å². The fourth-order valence-corrected chi connectivity index (χ4v) is 6.74. The van der Waals surface area contributed by atoms with Crippen molar-refractivity contribution in [3.63, 3.8) is 0 Å². The van der Waals surface area contributed by atoms with Gasteiger partial charge in [0.25, 0.3) is 0 Å². The number of likely N-dealkylation sites (tertiary alicyclic amines) is 2. The predicted octanol–water partition coefficient (Wildman–Crippen LogP) is 0.676. The van der Waals surface area contributed by atoms with Gasteiger partial charge in [-0.2, -0.15) is 4.31 Å². The van der Waals surface area contributed by atoms with E-state index in [2.05, 4.69) is 22.2 Å². The van der Waals surface area contributed by atoms with Crippen molar-refractivity contribution in [1.82, 2.24) is 24.3 Å². The van der Waals surface area contributed by atoms with Crippen LogP contribution in [-0.2, 0) is 19.6 Å². The number of benzene rings is 1. The van der Waals surface area contributed by atoms with Gasteiger partial charge in [0.2, 0.25) is 21.8 Å². The number of likely N-dealkylation sites (N-methyl/N-ethyl adjacent to an activating group) is 2. The second-order valence-corrected chi connectivity index (χ2v) is 12.1. The molecule has 1 atom stereocenters. The molecule has 0 unspecified atom stereocenters. The summed E-state index contributed by atoms with van der Waals surface area (Å²) >= 11 is 0. The maximum Gasteiger partial charge on any atom is 0.243 e. The van der Waals surface area contributed by atoms with Crippen molar-refractivity contribution < 1.29 is 22.7 Å². The van der Waals surface area contributed by atoms with E-state index in [-0.39, 0.29) is 29.9 Å². The SMILES string of the molecule is COc1cc(C)c(S(=O)(=O)N(C)CC(=O)NCC(=O)N(C)[C@@H]2CCN(C3CCN(C)CC3)C2)c(C)c1. The highest BCUT2D eigenvalue weighted by molar-refractivity contribution is 7.89. The van der Waals surface area contributed by atoms with E-state index in [1.54, 1.807) is 37.9 Å². The lowest BCUT2D eigenvalue weighted by Gasteiger charge is -2.35. The maximum absolute atomic E-state index is 13.1. The lowest BCUT2D eigenvalue weighted by atomic mass is 10.0. The smallest absolute Gasteiger partial charge is 0.243 e. The molecule has 0 spiro atoms. The van der Waals surface area contributed by atoms with Crippen LogP contribution in [0, 0.1) is 13.8 Å². The zero-order valence-corrected chi connectivity index (χ0v) is 23.2. The molecule has 2 fully saturated rings. The van der Waals surface area contributed by atoms with Crippen molar-refractivity contribution in [1.29, 1.82) is 0 Å². The summed E-state index contributed by atoms with van der Waals surface area (Å²) in [6, 6.07) is 4.00. The van der Waals surface area contributed by atoms with E-state index in [0.717, 1.165) is 49.7 Å². The van der Waals surface area contributed by atoms with Crippen molar-refractivity contribution in [2.75, 3.05) is 67.5 Å². The molecule has 11 heteroatoms. The molecule has 0 radical (unpaired) electrons. The van der Waals surface area contributed by atoms with E-state index in [0.29, 0.717) is 22.9 Å². The zero-order valence-electron chi connectivity index (χ0n) is 22.4. The average molecular weight is 524 g/mol. The standard InChI is InChI=1S/C25H41N5O5S/c1-18-13-22(35-6)14-19(2)25(18)36(33,34)28(4)17-23(31)26-15-24(32)29(5)21-9-12-30(16-21)20-7-10-27(3)11-8-20/h13-14,20-21H,7-12,15-17H2,1-6H3,(H,26,31)/t21-/m1/s1. The molecule has 10 nitrogen and oxygen atoms in total. The molecule has 2 heterocycles. The van der Waals surface area contributed by atoms with Gasteiger partial charge in [0.1, 0.15) is 5.75 Å². The van der Waals surface area contributed by atoms with Crippen LogP contribution in [0.15, 0.2) is 17.0 Å². The Morgan fingerprint density at radius 2 is 1.69 bits per heavy atom.